The van der Waals surface area contributed by atoms with Gasteiger partial charge in [0.2, 0.25) is 0 Å². The Hall–Kier alpha value is -2.40. The summed E-state index contributed by atoms with van der Waals surface area (Å²) in [5.41, 5.74) is 2.62. The Morgan fingerprint density at radius 1 is 1.17 bits per heavy atom. The fourth-order valence-electron chi connectivity index (χ4n) is 3.63. The van der Waals surface area contributed by atoms with Crippen LogP contribution in [0.25, 0.3) is 0 Å². The Kier molecular flexibility index (Phi) is 3.94. The Labute approximate surface area is 141 Å². The number of nitrogens with one attached hydrogen (secondary N) is 1. The quantitative estimate of drug-likeness (QED) is 0.907. The highest BCUT2D eigenvalue weighted by Gasteiger charge is 2.32. The van der Waals surface area contributed by atoms with E-state index in [2.05, 4.69) is 15.2 Å². The van der Waals surface area contributed by atoms with Crippen molar-refractivity contribution in [1.29, 1.82) is 0 Å². The van der Waals surface area contributed by atoms with Crippen LogP contribution in [-0.2, 0) is 6.42 Å². The van der Waals surface area contributed by atoms with E-state index >= 15 is 0 Å². The molecule has 0 unspecified atom stereocenters. The lowest BCUT2D eigenvalue weighted by Crippen LogP contribution is -2.34. The van der Waals surface area contributed by atoms with Crippen molar-refractivity contribution in [2.24, 2.45) is 0 Å². The van der Waals surface area contributed by atoms with E-state index in [1.807, 2.05) is 36.4 Å². The number of rotatable bonds is 3. The van der Waals surface area contributed by atoms with Gasteiger partial charge in [-0.25, -0.2) is 4.98 Å². The summed E-state index contributed by atoms with van der Waals surface area (Å²) in [5, 5.41) is 13.2. The highest BCUT2D eigenvalue weighted by molar-refractivity contribution is 5.94. The van der Waals surface area contributed by atoms with Crippen LogP contribution in [0.15, 0.2) is 42.6 Å². The van der Waals surface area contributed by atoms with Crippen molar-refractivity contribution in [3.05, 3.63) is 59.3 Å². The molecule has 2 aliphatic rings. The number of nitrogens with zero attached hydrogens (tertiary/aromatic N) is 2. The molecule has 1 aromatic carbocycles. The van der Waals surface area contributed by atoms with E-state index in [0.717, 1.165) is 30.0 Å². The molecule has 1 saturated heterocycles. The molecule has 124 valence electrons. The zero-order valence-corrected chi connectivity index (χ0v) is 13.5. The first-order chi connectivity index (χ1) is 11.7. The first kappa shape index (κ1) is 15.1. The number of aromatic nitrogens is 1. The van der Waals surface area contributed by atoms with Crippen molar-refractivity contribution < 1.29 is 9.90 Å². The first-order valence-corrected chi connectivity index (χ1v) is 8.50. The summed E-state index contributed by atoms with van der Waals surface area (Å²) in [6.45, 7) is 2.06. The van der Waals surface area contributed by atoms with Crippen LogP contribution in [0.5, 0.6) is 0 Å². The molecule has 0 radical (unpaired) electrons. The van der Waals surface area contributed by atoms with Crippen LogP contribution >= 0.6 is 0 Å². The number of aliphatic hydroxyl groups is 1. The molecule has 4 rings (SSSR count). The third-order valence-corrected chi connectivity index (χ3v) is 4.93. The largest absolute Gasteiger partial charge is 0.390 e. The molecule has 2 aromatic rings. The summed E-state index contributed by atoms with van der Waals surface area (Å²) in [6.07, 6.45) is 4.01. The minimum absolute atomic E-state index is 0.198. The number of carbonyl (C=O) groups excluding carboxylic acids is 1. The normalized spacial score (nSPS) is 22.5. The van der Waals surface area contributed by atoms with Gasteiger partial charge in [-0.05, 0) is 36.1 Å². The van der Waals surface area contributed by atoms with E-state index in [1.165, 1.54) is 12.8 Å². The standard InChI is InChI=1S/C19H21N3O2/c23-16-11-13-5-1-2-6-15(13)18(16)21-19(24)14-7-8-17(20-12-14)22-9-3-4-10-22/h1-2,5-8,12,16,18,23H,3-4,9-11H2,(H,21,24)/t16-,18+/m1/s1. The van der Waals surface area contributed by atoms with Crippen LogP contribution in [-0.4, -0.2) is 35.2 Å². The number of anilines is 1. The highest BCUT2D eigenvalue weighted by atomic mass is 16.3. The SMILES string of the molecule is O=C(N[C@H]1c2ccccc2C[C@H]1O)c1ccc(N2CCCC2)nc1. The fourth-order valence-corrected chi connectivity index (χ4v) is 3.63. The van der Waals surface area contributed by atoms with Gasteiger partial charge in [0, 0.05) is 25.7 Å². The minimum Gasteiger partial charge on any atom is -0.390 e. The van der Waals surface area contributed by atoms with Crippen LogP contribution in [0, 0.1) is 0 Å². The predicted octanol–water partition coefficient (Wildman–Crippen LogP) is 2.07. The summed E-state index contributed by atoms with van der Waals surface area (Å²) >= 11 is 0. The second kappa shape index (κ2) is 6.24. The Balaban J connectivity index is 1.48. The van der Waals surface area contributed by atoms with Gasteiger partial charge in [-0.3, -0.25) is 4.79 Å². The van der Waals surface area contributed by atoms with E-state index < -0.39 is 6.10 Å². The van der Waals surface area contributed by atoms with Gasteiger partial charge in [0.15, 0.2) is 0 Å². The van der Waals surface area contributed by atoms with Crippen LogP contribution in [0.4, 0.5) is 5.82 Å². The number of pyridine rings is 1. The molecule has 2 atom stereocenters. The molecule has 0 bridgehead atoms. The molecule has 5 nitrogen and oxygen atoms in total. The monoisotopic (exact) mass is 323 g/mol. The van der Waals surface area contributed by atoms with Crippen LogP contribution in [0.3, 0.4) is 0 Å². The maximum absolute atomic E-state index is 12.5. The molecule has 1 amide bonds. The Bertz CT molecular complexity index is 739. The summed E-state index contributed by atoms with van der Waals surface area (Å²) in [7, 11) is 0. The zero-order chi connectivity index (χ0) is 16.5. The van der Waals surface area contributed by atoms with Gasteiger partial charge in [0.25, 0.3) is 5.91 Å². The first-order valence-electron chi connectivity index (χ1n) is 8.50. The number of hydrogen-bond acceptors (Lipinski definition) is 4. The lowest BCUT2D eigenvalue weighted by molar-refractivity contribution is 0.0858. The van der Waals surface area contributed by atoms with Crippen molar-refractivity contribution in [2.45, 2.75) is 31.4 Å². The minimum atomic E-state index is -0.580. The fraction of sp³-hybridized carbons (Fsp3) is 0.368. The third kappa shape index (κ3) is 2.76. The van der Waals surface area contributed by atoms with Crippen molar-refractivity contribution in [3.8, 4) is 0 Å². The predicted molar refractivity (Wildman–Crippen MR) is 92.0 cm³/mol. The van der Waals surface area contributed by atoms with Crippen molar-refractivity contribution in [2.75, 3.05) is 18.0 Å². The molecule has 5 heteroatoms. The number of fused-ring (bicyclic) bond motifs is 1. The van der Waals surface area contributed by atoms with Gasteiger partial charge in [0.1, 0.15) is 5.82 Å². The Morgan fingerprint density at radius 3 is 2.71 bits per heavy atom. The average Bonchev–Trinajstić information content (AvgIpc) is 3.24. The molecular formula is C19H21N3O2. The molecule has 1 aliphatic carbocycles. The highest BCUT2D eigenvalue weighted by Crippen LogP contribution is 2.31. The summed E-state index contributed by atoms with van der Waals surface area (Å²) < 4.78 is 0. The van der Waals surface area contributed by atoms with Crippen LogP contribution in [0.1, 0.15) is 40.4 Å². The van der Waals surface area contributed by atoms with Gasteiger partial charge < -0.3 is 15.3 Å². The number of carbonyl (C=O) groups is 1. The number of aliphatic hydroxyl groups excluding tert-OH is 1. The third-order valence-electron chi connectivity index (χ3n) is 4.93. The van der Waals surface area contributed by atoms with E-state index in [9.17, 15) is 9.90 Å². The van der Waals surface area contributed by atoms with E-state index in [1.54, 1.807) is 6.20 Å². The summed E-state index contributed by atoms with van der Waals surface area (Å²) in [6, 6.07) is 11.2. The van der Waals surface area contributed by atoms with Crippen molar-refractivity contribution in [1.82, 2.24) is 10.3 Å². The van der Waals surface area contributed by atoms with Crippen LogP contribution in [0.2, 0.25) is 0 Å². The maximum atomic E-state index is 12.5. The summed E-state index contributed by atoms with van der Waals surface area (Å²) in [4.78, 5) is 19.2. The van der Waals surface area contributed by atoms with Crippen molar-refractivity contribution >= 4 is 11.7 Å². The lowest BCUT2D eigenvalue weighted by Gasteiger charge is -2.19. The van der Waals surface area contributed by atoms with Gasteiger partial charge in [-0.2, -0.15) is 0 Å². The molecule has 24 heavy (non-hydrogen) atoms. The molecule has 2 heterocycles. The lowest BCUT2D eigenvalue weighted by atomic mass is 10.1. The second-order valence-electron chi connectivity index (χ2n) is 6.52. The van der Waals surface area contributed by atoms with Gasteiger partial charge in [-0.15, -0.1) is 0 Å². The number of amides is 1. The van der Waals surface area contributed by atoms with Gasteiger partial charge in [-0.1, -0.05) is 24.3 Å². The van der Waals surface area contributed by atoms with Crippen LogP contribution < -0.4 is 10.2 Å². The van der Waals surface area contributed by atoms with E-state index in [0.29, 0.717) is 12.0 Å². The number of hydrogen-bond donors (Lipinski definition) is 2. The topological polar surface area (TPSA) is 65.5 Å². The molecule has 2 N–H and O–H groups in total. The second-order valence-corrected chi connectivity index (χ2v) is 6.52. The molecule has 1 aliphatic heterocycles. The summed E-state index contributed by atoms with van der Waals surface area (Å²) in [5.74, 6) is 0.728. The Morgan fingerprint density at radius 2 is 1.96 bits per heavy atom. The molecular weight excluding hydrogens is 302 g/mol. The van der Waals surface area contributed by atoms with Crippen molar-refractivity contribution in [3.63, 3.8) is 0 Å². The van der Waals surface area contributed by atoms with E-state index in [4.69, 9.17) is 0 Å². The zero-order valence-electron chi connectivity index (χ0n) is 13.5. The molecule has 1 aromatic heterocycles. The average molecular weight is 323 g/mol. The van der Waals surface area contributed by atoms with E-state index in [-0.39, 0.29) is 11.9 Å². The smallest absolute Gasteiger partial charge is 0.253 e. The maximum Gasteiger partial charge on any atom is 0.253 e. The van der Waals surface area contributed by atoms with Gasteiger partial charge in [0.05, 0.1) is 17.7 Å². The molecule has 0 saturated carbocycles. The molecule has 1 fully saturated rings. The number of benzene rings is 1. The molecule has 0 spiro atoms. The van der Waals surface area contributed by atoms with Gasteiger partial charge >= 0.3 is 0 Å².